The molecule has 0 radical (unpaired) electrons. The second-order valence-electron chi connectivity index (χ2n) is 4.42. The summed E-state index contributed by atoms with van der Waals surface area (Å²) in [7, 11) is 0. The van der Waals surface area contributed by atoms with Crippen molar-refractivity contribution >= 4 is 5.97 Å². The smallest absolute Gasteiger partial charge is 0.378 e. The van der Waals surface area contributed by atoms with Crippen molar-refractivity contribution in [2.75, 3.05) is 6.61 Å². The zero-order chi connectivity index (χ0) is 14.5. The van der Waals surface area contributed by atoms with Gasteiger partial charge >= 0.3 is 5.97 Å². The van der Waals surface area contributed by atoms with Crippen molar-refractivity contribution in [2.24, 2.45) is 0 Å². The van der Waals surface area contributed by atoms with Crippen LogP contribution in [0.2, 0.25) is 0 Å². The summed E-state index contributed by atoms with van der Waals surface area (Å²) in [5.41, 5.74) is 0.795. The fourth-order valence-corrected chi connectivity index (χ4v) is 1.70. The molecule has 8 nitrogen and oxygen atoms in total. The van der Waals surface area contributed by atoms with E-state index in [9.17, 15) is 4.79 Å². The highest BCUT2D eigenvalue weighted by Gasteiger charge is 2.17. The Balaban J connectivity index is 2.12. The standard InChI is InChI=1S/C12H18N6O2/c1-4-9(3)17-7-6-10(14-17)8-18-11(13-15-16-18)12(19)20-5-2/h6-7,9H,4-5,8H2,1-3H3. The van der Waals surface area contributed by atoms with Crippen LogP contribution in [-0.4, -0.2) is 42.6 Å². The topological polar surface area (TPSA) is 87.7 Å². The predicted molar refractivity (Wildman–Crippen MR) is 70.1 cm³/mol. The molecule has 0 aliphatic carbocycles. The van der Waals surface area contributed by atoms with Crippen LogP contribution >= 0.6 is 0 Å². The number of hydrogen-bond donors (Lipinski definition) is 0. The minimum absolute atomic E-state index is 0.0879. The zero-order valence-corrected chi connectivity index (χ0v) is 11.9. The van der Waals surface area contributed by atoms with E-state index in [0.717, 1.165) is 12.1 Å². The van der Waals surface area contributed by atoms with Crippen molar-refractivity contribution < 1.29 is 9.53 Å². The summed E-state index contributed by atoms with van der Waals surface area (Å²) in [5, 5.41) is 15.4. The highest BCUT2D eigenvalue weighted by molar-refractivity contribution is 5.85. The monoisotopic (exact) mass is 278 g/mol. The Hall–Kier alpha value is -2.25. The summed E-state index contributed by atoms with van der Waals surface area (Å²) < 4.78 is 8.18. The van der Waals surface area contributed by atoms with Crippen LogP contribution < -0.4 is 0 Å². The third-order valence-electron chi connectivity index (χ3n) is 3.01. The normalized spacial score (nSPS) is 12.3. The molecule has 0 saturated heterocycles. The van der Waals surface area contributed by atoms with Crippen LogP contribution in [-0.2, 0) is 11.3 Å². The minimum atomic E-state index is -0.529. The first-order valence-electron chi connectivity index (χ1n) is 6.63. The highest BCUT2D eigenvalue weighted by Crippen LogP contribution is 2.10. The molecule has 0 aromatic carbocycles. The van der Waals surface area contributed by atoms with Gasteiger partial charge in [0.05, 0.1) is 18.8 Å². The van der Waals surface area contributed by atoms with Crippen molar-refractivity contribution in [2.45, 2.75) is 39.8 Å². The number of aromatic nitrogens is 6. The van der Waals surface area contributed by atoms with Gasteiger partial charge < -0.3 is 4.74 Å². The second kappa shape index (κ2) is 6.27. The Bertz CT molecular complexity index is 576. The van der Waals surface area contributed by atoms with E-state index in [1.54, 1.807) is 6.92 Å². The minimum Gasteiger partial charge on any atom is -0.460 e. The maximum Gasteiger partial charge on any atom is 0.378 e. The fraction of sp³-hybridized carbons (Fsp3) is 0.583. The first kappa shape index (κ1) is 14.2. The molecule has 2 aromatic rings. The summed E-state index contributed by atoms with van der Waals surface area (Å²) in [6.07, 6.45) is 2.91. The lowest BCUT2D eigenvalue weighted by Crippen LogP contribution is -2.15. The molecular formula is C12H18N6O2. The van der Waals surface area contributed by atoms with Crippen LogP contribution in [0.15, 0.2) is 12.3 Å². The molecule has 0 N–H and O–H groups in total. The number of rotatable bonds is 6. The molecule has 1 unspecified atom stereocenters. The first-order valence-corrected chi connectivity index (χ1v) is 6.63. The van der Waals surface area contributed by atoms with Crippen molar-refractivity contribution in [1.82, 2.24) is 30.0 Å². The largest absolute Gasteiger partial charge is 0.460 e. The maximum absolute atomic E-state index is 11.7. The van der Waals surface area contributed by atoms with Crippen molar-refractivity contribution in [3.8, 4) is 0 Å². The molecule has 0 amide bonds. The van der Waals surface area contributed by atoms with E-state index in [-0.39, 0.29) is 12.4 Å². The summed E-state index contributed by atoms with van der Waals surface area (Å²) in [6.45, 7) is 6.56. The quantitative estimate of drug-likeness (QED) is 0.734. The van der Waals surface area contributed by atoms with Gasteiger partial charge in [-0.15, -0.1) is 5.10 Å². The average Bonchev–Trinajstić information content (AvgIpc) is 3.08. The molecule has 0 aliphatic rings. The van der Waals surface area contributed by atoms with E-state index >= 15 is 0 Å². The first-order chi connectivity index (χ1) is 9.65. The summed E-state index contributed by atoms with van der Waals surface area (Å²) in [4.78, 5) is 11.7. The van der Waals surface area contributed by atoms with Gasteiger partial charge in [0, 0.05) is 12.2 Å². The molecule has 0 fully saturated rings. The number of carbonyl (C=O) groups is 1. The van der Waals surface area contributed by atoms with Crippen molar-refractivity contribution in [1.29, 1.82) is 0 Å². The number of esters is 1. The van der Waals surface area contributed by atoms with E-state index in [1.807, 2.05) is 16.9 Å². The van der Waals surface area contributed by atoms with E-state index < -0.39 is 5.97 Å². The number of hydrogen-bond acceptors (Lipinski definition) is 6. The molecule has 0 saturated carbocycles. The predicted octanol–water partition coefficient (Wildman–Crippen LogP) is 1.07. The second-order valence-corrected chi connectivity index (χ2v) is 4.42. The summed E-state index contributed by atoms with van der Waals surface area (Å²) in [6, 6.07) is 2.23. The van der Waals surface area contributed by atoms with Gasteiger partial charge in [0.15, 0.2) is 0 Å². The van der Waals surface area contributed by atoms with E-state index in [4.69, 9.17) is 4.74 Å². The SMILES string of the molecule is CCOC(=O)c1nnnn1Cc1ccn(C(C)CC)n1. The lowest BCUT2D eigenvalue weighted by atomic mass is 10.3. The highest BCUT2D eigenvalue weighted by atomic mass is 16.5. The molecule has 1 atom stereocenters. The van der Waals surface area contributed by atoms with Gasteiger partial charge in [0.2, 0.25) is 0 Å². The number of tetrazole rings is 1. The Labute approximate surface area is 116 Å². The zero-order valence-electron chi connectivity index (χ0n) is 11.9. The number of ether oxygens (including phenoxy) is 1. The average molecular weight is 278 g/mol. The Morgan fingerprint density at radius 2 is 2.25 bits per heavy atom. The lowest BCUT2D eigenvalue weighted by molar-refractivity contribution is 0.0505. The lowest BCUT2D eigenvalue weighted by Gasteiger charge is -2.08. The molecule has 2 rings (SSSR count). The fourth-order valence-electron chi connectivity index (χ4n) is 1.70. The summed E-state index contributed by atoms with van der Waals surface area (Å²) in [5.74, 6) is -0.441. The Morgan fingerprint density at radius 3 is 2.95 bits per heavy atom. The third-order valence-corrected chi connectivity index (χ3v) is 3.01. The van der Waals surface area contributed by atoms with E-state index in [2.05, 4.69) is 34.5 Å². The van der Waals surface area contributed by atoms with Crippen LogP contribution in [0.5, 0.6) is 0 Å². The van der Waals surface area contributed by atoms with Crippen LogP contribution in [0.1, 0.15) is 49.5 Å². The van der Waals surface area contributed by atoms with E-state index in [0.29, 0.717) is 12.6 Å². The molecule has 0 aliphatic heterocycles. The Kier molecular flexibility index (Phi) is 4.44. The van der Waals surface area contributed by atoms with Gasteiger partial charge in [-0.05, 0) is 36.8 Å². The van der Waals surface area contributed by atoms with Crippen LogP contribution in [0.25, 0.3) is 0 Å². The van der Waals surface area contributed by atoms with Gasteiger partial charge in [-0.3, -0.25) is 4.68 Å². The molecule has 108 valence electrons. The molecule has 20 heavy (non-hydrogen) atoms. The van der Waals surface area contributed by atoms with E-state index in [1.165, 1.54) is 4.68 Å². The van der Waals surface area contributed by atoms with Crippen LogP contribution in [0.4, 0.5) is 0 Å². The number of nitrogens with zero attached hydrogens (tertiary/aromatic N) is 6. The summed E-state index contributed by atoms with van der Waals surface area (Å²) >= 11 is 0. The third kappa shape index (κ3) is 3.01. The maximum atomic E-state index is 11.7. The van der Waals surface area contributed by atoms with Crippen molar-refractivity contribution in [3.05, 3.63) is 23.8 Å². The van der Waals surface area contributed by atoms with Gasteiger partial charge in [-0.25, -0.2) is 9.48 Å². The molecular weight excluding hydrogens is 260 g/mol. The van der Waals surface area contributed by atoms with Gasteiger partial charge in [0.1, 0.15) is 0 Å². The van der Waals surface area contributed by atoms with Crippen LogP contribution in [0.3, 0.4) is 0 Å². The van der Waals surface area contributed by atoms with Crippen LogP contribution in [0, 0.1) is 0 Å². The van der Waals surface area contributed by atoms with Gasteiger partial charge in [0.25, 0.3) is 5.82 Å². The molecule has 0 bridgehead atoms. The molecule has 0 spiro atoms. The molecule has 2 aromatic heterocycles. The van der Waals surface area contributed by atoms with Gasteiger partial charge in [-0.2, -0.15) is 5.10 Å². The van der Waals surface area contributed by atoms with Gasteiger partial charge in [-0.1, -0.05) is 6.92 Å². The Morgan fingerprint density at radius 1 is 1.45 bits per heavy atom. The molecule has 8 heteroatoms. The number of carbonyl (C=O) groups excluding carboxylic acids is 1. The van der Waals surface area contributed by atoms with Crippen molar-refractivity contribution in [3.63, 3.8) is 0 Å². The molecule has 2 heterocycles.